The summed E-state index contributed by atoms with van der Waals surface area (Å²) in [6.45, 7) is 5.78. The van der Waals surface area contributed by atoms with E-state index >= 15 is 0 Å². The van der Waals surface area contributed by atoms with Crippen molar-refractivity contribution in [3.8, 4) is 34.2 Å². The van der Waals surface area contributed by atoms with Gasteiger partial charge in [0.05, 0.1) is 18.8 Å². The van der Waals surface area contributed by atoms with Gasteiger partial charge in [-0.3, -0.25) is 14.4 Å². The average Bonchev–Trinajstić information content (AvgIpc) is 3.60. The summed E-state index contributed by atoms with van der Waals surface area (Å²) in [5.41, 5.74) is 5.46. The van der Waals surface area contributed by atoms with Crippen LogP contribution in [0, 0.1) is 11.3 Å². The highest BCUT2D eigenvalue weighted by Gasteiger charge is 2.22. The van der Waals surface area contributed by atoms with Crippen molar-refractivity contribution in [3.63, 3.8) is 0 Å². The maximum Gasteiger partial charge on any atom is 0.222 e. The molecule has 0 saturated carbocycles. The Morgan fingerprint density at radius 3 is 2.48 bits per heavy atom. The lowest BCUT2D eigenvalue weighted by molar-refractivity contribution is -0.114. The van der Waals surface area contributed by atoms with Gasteiger partial charge in [-0.05, 0) is 23.8 Å². The number of hydrogen-bond acceptors (Lipinski definition) is 9. The first-order valence-electron chi connectivity index (χ1n) is 13.6. The normalized spacial score (nSPS) is 13.7. The van der Waals surface area contributed by atoms with Crippen LogP contribution in [0.4, 0.5) is 11.6 Å². The number of aromatic nitrogens is 6. The van der Waals surface area contributed by atoms with Gasteiger partial charge >= 0.3 is 0 Å². The van der Waals surface area contributed by atoms with E-state index in [2.05, 4.69) is 42.4 Å². The first-order valence-corrected chi connectivity index (χ1v) is 13.6. The second-order valence-electron chi connectivity index (χ2n) is 10.2. The van der Waals surface area contributed by atoms with Gasteiger partial charge in [0.25, 0.3) is 0 Å². The van der Waals surface area contributed by atoms with Crippen LogP contribution in [0.25, 0.3) is 27.8 Å². The summed E-state index contributed by atoms with van der Waals surface area (Å²) < 4.78 is 8.54. The summed E-state index contributed by atoms with van der Waals surface area (Å²) in [6.07, 6.45) is 9.23. The molecule has 42 heavy (non-hydrogen) atoms. The van der Waals surface area contributed by atoms with Gasteiger partial charge in [0.15, 0.2) is 5.82 Å². The number of fused-ring (bicyclic) bond motifs is 1. The van der Waals surface area contributed by atoms with Crippen molar-refractivity contribution in [3.05, 3.63) is 72.4 Å². The van der Waals surface area contributed by atoms with Gasteiger partial charge in [0, 0.05) is 99.8 Å². The number of hydrogen-bond donors (Lipinski definition) is 1. The molecule has 1 aliphatic heterocycles. The van der Waals surface area contributed by atoms with Gasteiger partial charge in [-0.15, -0.1) is 5.10 Å². The molecule has 0 atom stereocenters. The SMILES string of the molecule is COc1ccc(CN2CCN(c3ccc(-c4cc(-c5cnn(C)c5)cn5nc(NC(C)=O)c(C#N)c45)cn3)CC2)cn1. The van der Waals surface area contributed by atoms with Crippen molar-refractivity contribution in [2.75, 3.05) is 43.5 Å². The first kappa shape index (κ1) is 26.9. The van der Waals surface area contributed by atoms with Gasteiger partial charge in [-0.1, -0.05) is 6.07 Å². The summed E-state index contributed by atoms with van der Waals surface area (Å²) in [6, 6.07) is 12.2. The summed E-state index contributed by atoms with van der Waals surface area (Å²) in [5.74, 6) is 1.45. The van der Waals surface area contributed by atoms with Crippen LogP contribution in [-0.4, -0.2) is 73.5 Å². The summed E-state index contributed by atoms with van der Waals surface area (Å²) in [4.78, 5) is 25.6. The molecule has 1 aliphatic rings. The number of amides is 1. The second kappa shape index (κ2) is 11.3. The fourth-order valence-corrected chi connectivity index (χ4v) is 5.24. The third kappa shape index (κ3) is 5.37. The lowest BCUT2D eigenvalue weighted by Gasteiger charge is -2.35. The zero-order valence-corrected chi connectivity index (χ0v) is 23.7. The molecule has 212 valence electrons. The molecule has 6 rings (SSSR count). The minimum Gasteiger partial charge on any atom is -0.481 e. The molecule has 1 saturated heterocycles. The van der Waals surface area contributed by atoms with Crippen LogP contribution in [0.2, 0.25) is 0 Å². The zero-order chi connectivity index (χ0) is 29.2. The molecular weight excluding hydrogens is 532 g/mol. The van der Waals surface area contributed by atoms with Crippen LogP contribution in [0.15, 0.2) is 61.3 Å². The molecule has 0 aliphatic carbocycles. The largest absolute Gasteiger partial charge is 0.481 e. The van der Waals surface area contributed by atoms with Gasteiger partial charge in [0.1, 0.15) is 17.5 Å². The van der Waals surface area contributed by atoms with Crippen LogP contribution in [0.5, 0.6) is 5.88 Å². The molecule has 5 aromatic heterocycles. The summed E-state index contributed by atoms with van der Waals surface area (Å²) >= 11 is 0. The van der Waals surface area contributed by atoms with Crippen molar-refractivity contribution in [2.24, 2.45) is 7.05 Å². The molecule has 0 radical (unpaired) electrons. The highest BCUT2D eigenvalue weighted by atomic mass is 16.5. The van der Waals surface area contributed by atoms with Gasteiger partial charge in [-0.2, -0.15) is 10.4 Å². The lowest BCUT2D eigenvalue weighted by atomic mass is 10.0. The van der Waals surface area contributed by atoms with E-state index in [1.54, 1.807) is 22.5 Å². The maximum atomic E-state index is 11.8. The predicted molar refractivity (Wildman–Crippen MR) is 158 cm³/mol. The Morgan fingerprint density at radius 2 is 1.86 bits per heavy atom. The molecule has 0 unspecified atom stereocenters. The van der Waals surface area contributed by atoms with E-state index in [9.17, 15) is 10.1 Å². The Kier molecular flexibility index (Phi) is 7.24. The number of nitrogens with zero attached hydrogens (tertiary/aromatic N) is 9. The van der Waals surface area contributed by atoms with Crippen LogP contribution < -0.4 is 15.0 Å². The van der Waals surface area contributed by atoms with Crippen molar-refractivity contribution < 1.29 is 9.53 Å². The number of nitriles is 1. The van der Waals surface area contributed by atoms with Crippen molar-refractivity contribution >= 4 is 23.1 Å². The Bertz CT molecular complexity index is 1780. The zero-order valence-electron chi connectivity index (χ0n) is 23.7. The van der Waals surface area contributed by atoms with E-state index in [1.807, 2.05) is 56.1 Å². The minimum absolute atomic E-state index is 0.224. The first-order chi connectivity index (χ1) is 20.4. The van der Waals surface area contributed by atoms with Gasteiger partial charge < -0.3 is 15.0 Å². The lowest BCUT2D eigenvalue weighted by Crippen LogP contribution is -2.46. The molecular formula is C30H30N10O2. The Balaban J connectivity index is 1.26. The van der Waals surface area contributed by atoms with E-state index in [4.69, 9.17) is 9.72 Å². The number of nitrogens with one attached hydrogen (secondary N) is 1. The van der Waals surface area contributed by atoms with Crippen molar-refractivity contribution in [1.29, 1.82) is 5.26 Å². The number of pyridine rings is 3. The highest BCUT2D eigenvalue weighted by molar-refractivity contribution is 5.95. The monoisotopic (exact) mass is 562 g/mol. The number of methoxy groups -OCH3 is 1. The van der Waals surface area contributed by atoms with E-state index in [-0.39, 0.29) is 11.7 Å². The number of ether oxygens (including phenoxy) is 1. The molecule has 0 aromatic carbocycles. The standard InChI is InChI=1S/C30H30N10O2/c1-20(41)35-30-26(13-31)29-25(12-23(19-40(29)36-30)24-16-34-37(2)18-24)22-5-6-27(32-15-22)39-10-8-38(9-11-39)17-21-4-7-28(42-3)33-14-21/h4-7,12,14-16,18-19H,8-11,17H2,1-3H3,(H,35,36,41). The average molecular weight is 563 g/mol. The van der Waals surface area contributed by atoms with E-state index < -0.39 is 0 Å². The third-order valence-electron chi connectivity index (χ3n) is 7.34. The number of rotatable bonds is 7. The second-order valence-corrected chi connectivity index (χ2v) is 10.2. The van der Waals surface area contributed by atoms with Crippen molar-refractivity contribution in [1.82, 2.24) is 34.3 Å². The fourth-order valence-electron chi connectivity index (χ4n) is 5.24. The number of aryl methyl sites for hydroxylation is 1. The summed E-state index contributed by atoms with van der Waals surface area (Å²) in [5, 5.41) is 21.5. The Hall–Kier alpha value is -5.28. The fraction of sp³-hybridized carbons (Fsp3) is 0.267. The minimum atomic E-state index is -0.296. The van der Waals surface area contributed by atoms with E-state index in [0.717, 1.165) is 66.4 Å². The highest BCUT2D eigenvalue weighted by Crippen LogP contribution is 2.34. The van der Waals surface area contributed by atoms with Gasteiger partial charge in [0.2, 0.25) is 11.8 Å². The van der Waals surface area contributed by atoms with Crippen LogP contribution in [-0.2, 0) is 18.4 Å². The molecule has 1 fully saturated rings. The topological polar surface area (TPSA) is 130 Å². The van der Waals surface area contributed by atoms with Crippen LogP contribution in [0.3, 0.4) is 0 Å². The third-order valence-corrected chi connectivity index (χ3v) is 7.34. The Morgan fingerprint density at radius 1 is 1.02 bits per heavy atom. The van der Waals surface area contributed by atoms with Crippen LogP contribution >= 0.6 is 0 Å². The number of carbonyl (C=O) groups excluding carboxylic acids is 1. The summed E-state index contributed by atoms with van der Waals surface area (Å²) in [7, 11) is 3.48. The Labute approximate surface area is 242 Å². The predicted octanol–water partition coefficient (Wildman–Crippen LogP) is 3.35. The quantitative estimate of drug-likeness (QED) is 0.317. The van der Waals surface area contributed by atoms with Gasteiger partial charge in [-0.25, -0.2) is 14.5 Å². The molecule has 6 heterocycles. The molecule has 0 bridgehead atoms. The van der Waals surface area contributed by atoms with Crippen LogP contribution in [0.1, 0.15) is 18.1 Å². The molecule has 1 N–H and O–H groups in total. The molecule has 5 aromatic rings. The molecule has 12 heteroatoms. The number of piperazine rings is 1. The maximum absolute atomic E-state index is 11.8. The van der Waals surface area contributed by atoms with Crippen molar-refractivity contribution in [2.45, 2.75) is 13.5 Å². The molecule has 12 nitrogen and oxygen atoms in total. The molecule has 1 amide bonds. The smallest absolute Gasteiger partial charge is 0.222 e. The number of carbonyl (C=O) groups is 1. The molecule has 0 spiro atoms. The number of anilines is 2. The van der Waals surface area contributed by atoms with E-state index in [1.165, 1.54) is 6.92 Å². The van der Waals surface area contributed by atoms with E-state index in [0.29, 0.717) is 17.0 Å².